The second-order valence-corrected chi connectivity index (χ2v) is 6.54. The van der Waals surface area contributed by atoms with Crippen LogP contribution < -0.4 is 5.32 Å². The van der Waals surface area contributed by atoms with E-state index < -0.39 is 0 Å². The van der Waals surface area contributed by atoms with Crippen LogP contribution in [0.2, 0.25) is 0 Å². The maximum atomic E-state index is 4.31. The van der Waals surface area contributed by atoms with Crippen molar-refractivity contribution < 1.29 is 0 Å². The highest BCUT2D eigenvalue weighted by Crippen LogP contribution is 2.39. The van der Waals surface area contributed by atoms with Crippen molar-refractivity contribution in [3.63, 3.8) is 0 Å². The first-order valence-corrected chi connectivity index (χ1v) is 7.81. The molecular formula is C16H29N3. The molecule has 1 aromatic rings. The summed E-state index contributed by atoms with van der Waals surface area (Å²) in [5.74, 6) is 2.46. The van der Waals surface area contributed by atoms with Gasteiger partial charge in [0.1, 0.15) is 0 Å². The van der Waals surface area contributed by atoms with Crippen LogP contribution in [0, 0.1) is 17.8 Å². The van der Waals surface area contributed by atoms with Crippen LogP contribution >= 0.6 is 0 Å². The summed E-state index contributed by atoms with van der Waals surface area (Å²) in [6.45, 7) is 8.14. The van der Waals surface area contributed by atoms with Gasteiger partial charge in [0, 0.05) is 13.2 Å². The average molecular weight is 263 g/mol. The summed E-state index contributed by atoms with van der Waals surface area (Å²) < 4.78 is 2.18. The van der Waals surface area contributed by atoms with Crippen molar-refractivity contribution in [2.24, 2.45) is 24.8 Å². The lowest BCUT2D eigenvalue weighted by Crippen LogP contribution is -2.34. The van der Waals surface area contributed by atoms with Gasteiger partial charge in [0.2, 0.25) is 0 Å². The molecule has 1 aromatic heterocycles. The van der Waals surface area contributed by atoms with Crippen molar-refractivity contribution in [2.75, 3.05) is 6.54 Å². The van der Waals surface area contributed by atoms with Gasteiger partial charge in [-0.25, -0.2) is 4.98 Å². The van der Waals surface area contributed by atoms with Gasteiger partial charge in [0.25, 0.3) is 0 Å². The van der Waals surface area contributed by atoms with Crippen LogP contribution in [0.15, 0.2) is 12.5 Å². The highest BCUT2D eigenvalue weighted by Gasteiger charge is 2.31. The Balaban J connectivity index is 2.15. The lowest BCUT2D eigenvalue weighted by Gasteiger charge is -2.37. The summed E-state index contributed by atoms with van der Waals surface area (Å²) in [4.78, 5) is 4.31. The van der Waals surface area contributed by atoms with Gasteiger partial charge in [0.15, 0.2) is 0 Å². The highest BCUT2D eigenvalue weighted by atomic mass is 15.1. The molecule has 0 aromatic carbocycles. The van der Waals surface area contributed by atoms with E-state index in [1.807, 2.05) is 12.5 Å². The number of aryl methyl sites for hydroxylation is 1. The van der Waals surface area contributed by atoms with E-state index in [4.69, 9.17) is 0 Å². The van der Waals surface area contributed by atoms with Crippen LogP contribution in [0.25, 0.3) is 0 Å². The van der Waals surface area contributed by atoms with E-state index in [2.05, 4.69) is 42.7 Å². The van der Waals surface area contributed by atoms with Crippen LogP contribution in [-0.2, 0) is 7.05 Å². The normalized spacial score (nSPS) is 29.4. The number of aromatic nitrogens is 2. The molecule has 3 unspecified atom stereocenters. The molecule has 1 heterocycles. The van der Waals surface area contributed by atoms with Crippen LogP contribution in [0.1, 0.15) is 58.2 Å². The van der Waals surface area contributed by atoms with Gasteiger partial charge < -0.3 is 9.88 Å². The van der Waals surface area contributed by atoms with Crippen molar-refractivity contribution in [3.8, 4) is 0 Å². The van der Waals surface area contributed by atoms with Crippen LogP contribution in [0.4, 0.5) is 0 Å². The Morgan fingerprint density at radius 1 is 1.32 bits per heavy atom. The summed E-state index contributed by atoms with van der Waals surface area (Å²) in [5, 5.41) is 3.76. The van der Waals surface area contributed by atoms with E-state index >= 15 is 0 Å². The smallest absolute Gasteiger partial charge is 0.0946 e. The molecule has 0 saturated heterocycles. The molecule has 0 aliphatic heterocycles. The van der Waals surface area contributed by atoms with Gasteiger partial charge in [-0.05, 0) is 50.0 Å². The second-order valence-electron chi connectivity index (χ2n) is 6.54. The predicted octanol–water partition coefficient (Wildman–Crippen LogP) is 3.53. The SMILES string of the molecule is CCCNC(c1cncn1C)C1CC(C)CC(C)C1. The standard InChI is InChI=1S/C16H29N3/c1-5-6-18-16(15-10-17-11-19(15)4)14-8-12(2)7-13(3)9-14/h10-14,16,18H,5-9H2,1-4H3. The highest BCUT2D eigenvalue weighted by molar-refractivity contribution is 5.07. The van der Waals surface area contributed by atoms with Crippen molar-refractivity contribution in [3.05, 3.63) is 18.2 Å². The Hall–Kier alpha value is -0.830. The van der Waals surface area contributed by atoms with E-state index in [1.165, 1.54) is 31.4 Å². The van der Waals surface area contributed by atoms with Crippen molar-refractivity contribution in [2.45, 2.75) is 52.5 Å². The third-order valence-electron chi connectivity index (χ3n) is 4.47. The zero-order valence-corrected chi connectivity index (χ0v) is 12.9. The summed E-state index contributed by atoms with van der Waals surface area (Å²) in [6, 6.07) is 0.470. The number of hydrogen-bond acceptors (Lipinski definition) is 2. The van der Waals surface area contributed by atoms with E-state index in [1.54, 1.807) is 0 Å². The summed E-state index contributed by atoms with van der Waals surface area (Å²) in [6.07, 6.45) is 9.23. The largest absolute Gasteiger partial charge is 0.336 e. The fourth-order valence-electron chi connectivity index (χ4n) is 3.76. The van der Waals surface area contributed by atoms with Gasteiger partial charge >= 0.3 is 0 Å². The number of rotatable bonds is 5. The lowest BCUT2D eigenvalue weighted by atomic mass is 9.73. The number of nitrogens with zero attached hydrogens (tertiary/aromatic N) is 2. The lowest BCUT2D eigenvalue weighted by molar-refractivity contribution is 0.173. The first-order valence-electron chi connectivity index (χ1n) is 7.81. The Kier molecular flexibility index (Phi) is 5.03. The van der Waals surface area contributed by atoms with Gasteiger partial charge in [-0.15, -0.1) is 0 Å². The number of imidazole rings is 1. The van der Waals surface area contributed by atoms with Crippen molar-refractivity contribution in [1.82, 2.24) is 14.9 Å². The quantitative estimate of drug-likeness (QED) is 0.880. The van der Waals surface area contributed by atoms with Gasteiger partial charge in [-0.1, -0.05) is 20.8 Å². The van der Waals surface area contributed by atoms with Gasteiger partial charge in [-0.3, -0.25) is 0 Å². The molecule has 1 N–H and O–H groups in total. The van der Waals surface area contributed by atoms with Gasteiger partial charge in [0.05, 0.1) is 18.1 Å². The van der Waals surface area contributed by atoms with Crippen molar-refractivity contribution in [1.29, 1.82) is 0 Å². The van der Waals surface area contributed by atoms with Crippen LogP contribution in [-0.4, -0.2) is 16.1 Å². The van der Waals surface area contributed by atoms with E-state index in [0.717, 1.165) is 24.3 Å². The molecule has 0 amide bonds. The fraction of sp³-hybridized carbons (Fsp3) is 0.812. The molecule has 1 aliphatic carbocycles. The molecule has 3 nitrogen and oxygen atoms in total. The average Bonchev–Trinajstić information content (AvgIpc) is 2.75. The van der Waals surface area contributed by atoms with Crippen LogP contribution in [0.5, 0.6) is 0 Å². The van der Waals surface area contributed by atoms with Crippen LogP contribution in [0.3, 0.4) is 0 Å². The maximum Gasteiger partial charge on any atom is 0.0946 e. The van der Waals surface area contributed by atoms with E-state index in [9.17, 15) is 0 Å². The third-order valence-corrected chi connectivity index (χ3v) is 4.47. The second kappa shape index (κ2) is 6.56. The molecule has 1 saturated carbocycles. The Labute approximate surface area is 117 Å². The predicted molar refractivity (Wildman–Crippen MR) is 79.9 cm³/mol. The molecule has 0 bridgehead atoms. The number of hydrogen-bond donors (Lipinski definition) is 1. The van der Waals surface area contributed by atoms with Gasteiger partial charge in [-0.2, -0.15) is 0 Å². The fourth-order valence-corrected chi connectivity index (χ4v) is 3.76. The summed E-state index contributed by atoms with van der Waals surface area (Å²) in [5.41, 5.74) is 1.35. The molecule has 1 aliphatic rings. The number of nitrogens with one attached hydrogen (secondary N) is 1. The molecule has 0 radical (unpaired) electrons. The molecule has 3 heteroatoms. The summed E-state index contributed by atoms with van der Waals surface area (Å²) >= 11 is 0. The minimum Gasteiger partial charge on any atom is -0.336 e. The Morgan fingerprint density at radius 2 is 2.00 bits per heavy atom. The zero-order chi connectivity index (χ0) is 13.8. The minimum absolute atomic E-state index is 0.470. The Morgan fingerprint density at radius 3 is 2.53 bits per heavy atom. The topological polar surface area (TPSA) is 29.9 Å². The molecule has 2 rings (SSSR count). The molecule has 3 atom stereocenters. The Bertz CT molecular complexity index is 375. The van der Waals surface area contributed by atoms with Crippen molar-refractivity contribution >= 4 is 0 Å². The minimum atomic E-state index is 0.470. The molecule has 1 fully saturated rings. The molecular weight excluding hydrogens is 234 g/mol. The zero-order valence-electron chi connectivity index (χ0n) is 12.9. The van der Waals surface area contributed by atoms with E-state index in [0.29, 0.717) is 6.04 Å². The molecule has 108 valence electrons. The monoisotopic (exact) mass is 263 g/mol. The third kappa shape index (κ3) is 3.59. The maximum absolute atomic E-state index is 4.31. The summed E-state index contributed by atoms with van der Waals surface area (Å²) in [7, 11) is 2.11. The first kappa shape index (κ1) is 14.6. The molecule has 0 spiro atoms. The van der Waals surface area contributed by atoms with E-state index in [-0.39, 0.29) is 0 Å². The first-order chi connectivity index (χ1) is 9.11. The molecule has 19 heavy (non-hydrogen) atoms.